The lowest BCUT2D eigenvalue weighted by Crippen LogP contribution is -2.54. The normalized spacial score (nSPS) is 30.8. The molecule has 3 atom stereocenters. The van der Waals surface area contributed by atoms with Crippen molar-refractivity contribution < 1.29 is 19.4 Å². The quantitative estimate of drug-likeness (QED) is 0.740. The van der Waals surface area contributed by atoms with E-state index in [-0.39, 0.29) is 24.9 Å². The van der Waals surface area contributed by atoms with Gasteiger partial charge in [0.25, 0.3) is 0 Å². The summed E-state index contributed by atoms with van der Waals surface area (Å²) in [5, 5.41) is 12.4. The van der Waals surface area contributed by atoms with Gasteiger partial charge in [-0.25, -0.2) is 0 Å². The van der Waals surface area contributed by atoms with Gasteiger partial charge in [-0.05, 0) is 46.6 Å². The van der Waals surface area contributed by atoms with E-state index in [2.05, 4.69) is 5.32 Å². The summed E-state index contributed by atoms with van der Waals surface area (Å²) in [5.74, 6) is -0.867. The molecule has 0 amide bonds. The van der Waals surface area contributed by atoms with E-state index in [1.165, 1.54) is 0 Å². The standard InChI is InChI=1S/C14H27NO4/c1-5-6-15-14(4,13(16)17)9-18-12-7-10(2)19-11(3)8-12/h10-12,15H,5-9H2,1-4H3,(H,16,17). The van der Waals surface area contributed by atoms with Gasteiger partial charge in [0.15, 0.2) is 0 Å². The molecule has 2 N–H and O–H groups in total. The smallest absolute Gasteiger partial charge is 0.326 e. The van der Waals surface area contributed by atoms with Crippen molar-refractivity contribution in [2.45, 2.75) is 70.8 Å². The van der Waals surface area contributed by atoms with Crippen molar-refractivity contribution in [2.75, 3.05) is 13.2 Å². The van der Waals surface area contributed by atoms with E-state index < -0.39 is 11.5 Å². The Kier molecular flexibility index (Phi) is 6.23. The van der Waals surface area contributed by atoms with Crippen molar-refractivity contribution >= 4 is 5.97 Å². The topological polar surface area (TPSA) is 67.8 Å². The van der Waals surface area contributed by atoms with Crippen LogP contribution in [0.5, 0.6) is 0 Å². The number of aliphatic carboxylic acids is 1. The second-order valence-electron chi connectivity index (χ2n) is 5.73. The fourth-order valence-electron chi connectivity index (χ4n) is 2.35. The van der Waals surface area contributed by atoms with E-state index in [0.717, 1.165) is 19.3 Å². The first-order chi connectivity index (χ1) is 8.87. The third-order valence-corrected chi connectivity index (χ3v) is 3.50. The third kappa shape index (κ3) is 5.09. The average Bonchev–Trinajstić information content (AvgIpc) is 2.32. The zero-order valence-electron chi connectivity index (χ0n) is 12.4. The number of hydrogen-bond acceptors (Lipinski definition) is 4. The van der Waals surface area contributed by atoms with E-state index in [0.29, 0.717) is 6.54 Å². The Morgan fingerprint density at radius 2 is 2.00 bits per heavy atom. The van der Waals surface area contributed by atoms with E-state index in [1.807, 2.05) is 20.8 Å². The molecule has 1 saturated heterocycles. The van der Waals surface area contributed by atoms with Crippen LogP contribution < -0.4 is 5.32 Å². The Hall–Kier alpha value is -0.650. The molecule has 1 heterocycles. The van der Waals surface area contributed by atoms with E-state index >= 15 is 0 Å². The van der Waals surface area contributed by atoms with E-state index in [4.69, 9.17) is 9.47 Å². The summed E-state index contributed by atoms with van der Waals surface area (Å²) in [5.41, 5.74) is -1.01. The Morgan fingerprint density at radius 1 is 1.42 bits per heavy atom. The largest absolute Gasteiger partial charge is 0.480 e. The summed E-state index contributed by atoms with van der Waals surface area (Å²) < 4.78 is 11.5. The highest BCUT2D eigenvalue weighted by atomic mass is 16.5. The molecule has 3 unspecified atom stereocenters. The minimum Gasteiger partial charge on any atom is -0.480 e. The summed E-state index contributed by atoms with van der Waals surface area (Å²) >= 11 is 0. The Labute approximate surface area is 115 Å². The highest BCUT2D eigenvalue weighted by molar-refractivity contribution is 5.78. The molecule has 19 heavy (non-hydrogen) atoms. The van der Waals surface area contributed by atoms with Crippen LogP contribution >= 0.6 is 0 Å². The molecule has 5 nitrogen and oxygen atoms in total. The number of carbonyl (C=O) groups is 1. The van der Waals surface area contributed by atoms with Crippen LogP contribution in [0.1, 0.15) is 47.0 Å². The van der Waals surface area contributed by atoms with Crippen LogP contribution in [0.2, 0.25) is 0 Å². The lowest BCUT2D eigenvalue weighted by molar-refractivity contribution is -0.151. The van der Waals surface area contributed by atoms with Crippen LogP contribution in [-0.2, 0) is 14.3 Å². The van der Waals surface area contributed by atoms with Crippen molar-refractivity contribution in [1.82, 2.24) is 5.32 Å². The number of nitrogens with one attached hydrogen (secondary N) is 1. The minimum atomic E-state index is -1.01. The molecule has 112 valence electrons. The van der Waals surface area contributed by atoms with Gasteiger partial charge in [0.2, 0.25) is 0 Å². The number of carboxylic acids is 1. The SMILES string of the molecule is CCCNC(C)(COC1CC(C)OC(C)C1)C(=O)O. The second-order valence-corrected chi connectivity index (χ2v) is 5.73. The first-order valence-corrected chi connectivity index (χ1v) is 7.13. The van der Waals surface area contributed by atoms with Crippen LogP contribution in [0.25, 0.3) is 0 Å². The monoisotopic (exact) mass is 273 g/mol. The fraction of sp³-hybridized carbons (Fsp3) is 0.929. The van der Waals surface area contributed by atoms with E-state index in [9.17, 15) is 9.90 Å². The molecule has 0 aromatic heterocycles. The number of hydrogen-bond donors (Lipinski definition) is 2. The molecule has 0 aliphatic carbocycles. The third-order valence-electron chi connectivity index (χ3n) is 3.50. The van der Waals surface area contributed by atoms with Gasteiger partial charge in [0.05, 0.1) is 24.9 Å². The Bertz CT molecular complexity index is 287. The van der Waals surface area contributed by atoms with Crippen LogP contribution in [0, 0.1) is 0 Å². The molecular formula is C14H27NO4. The summed E-state index contributed by atoms with van der Waals surface area (Å²) in [4.78, 5) is 11.4. The van der Waals surface area contributed by atoms with Gasteiger partial charge >= 0.3 is 5.97 Å². The predicted octanol–water partition coefficient (Wildman–Crippen LogP) is 1.80. The maximum atomic E-state index is 11.4. The number of rotatable bonds is 7. The molecule has 1 fully saturated rings. The van der Waals surface area contributed by atoms with Gasteiger partial charge < -0.3 is 19.9 Å². The van der Waals surface area contributed by atoms with Gasteiger partial charge in [0, 0.05) is 0 Å². The predicted molar refractivity (Wildman–Crippen MR) is 73.3 cm³/mol. The van der Waals surface area contributed by atoms with Crippen molar-refractivity contribution in [3.05, 3.63) is 0 Å². The van der Waals surface area contributed by atoms with Crippen molar-refractivity contribution in [3.63, 3.8) is 0 Å². The molecule has 0 spiro atoms. The molecule has 1 aliphatic heterocycles. The first-order valence-electron chi connectivity index (χ1n) is 7.13. The van der Waals surface area contributed by atoms with Gasteiger partial charge in [-0.3, -0.25) is 4.79 Å². The molecule has 1 rings (SSSR count). The van der Waals surface area contributed by atoms with Crippen LogP contribution in [0.3, 0.4) is 0 Å². The summed E-state index contributed by atoms with van der Waals surface area (Å²) in [6, 6.07) is 0. The van der Waals surface area contributed by atoms with Gasteiger partial charge in [-0.2, -0.15) is 0 Å². The van der Waals surface area contributed by atoms with Crippen molar-refractivity contribution in [2.24, 2.45) is 0 Å². The van der Waals surface area contributed by atoms with Gasteiger partial charge in [0.1, 0.15) is 5.54 Å². The average molecular weight is 273 g/mol. The molecule has 0 saturated carbocycles. The maximum Gasteiger partial charge on any atom is 0.326 e. The molecule has 0 bridgehead atoms. The van der Waals surface area contributed by atoms with Gasteiger partial charge in [-0.1, -0.05) is 6.92 Å². The van der Waals surface area contributed by atoms with Crippen LogP contribution in [0.4, 0.5) is 0 Å². The minimum absolute atomic E-state index is 0.0841. The Morgan fingerprint density at radius 3 is 2.47 bits per heavy atom. The maximum absolute atomic E-state index is 11.4. The molecule has 5 heteroatoms. The lowest BCUT2D eigenvalue weighted by Gasteiger charge is -2.34. The second kappa shape index (κ2) is 7.22. The highest BCUT2D eigenvalue weighted by Crippen LogP contribution is 2.22. The van der Waals surface area contributed by atoms with Crippen molar-refractivity contribution in [1.29, 1.82) is 0 Å². The Balaban J connectivity index is 2.49. The van der Waals surface area contributed by atoms with Crippen LogP contribution in [-0.4, -0.2) is 48.1 Å². The van der Waals surface area contributed by atoms with Gasteiger partial charge in [-0.15, -0.1) is 0 Å². The molecule has 0 aromatic rings. The molecule has 0 aromatic carbocycles. The van der Waals surface area contributed by atoms with E-state index in [1.54, 1.807) is 6.92 Å². The lowest BCUT2D eigenvalue weighted by atomic mass is 10.0. The molecule has 1 aliphatic rings. The summed E-state index contributed by atoms with van der Waals surface area (Å²) in [7, 11) is 0. The number of carboxylic acid groups (broad SMARTS) is 1. The first kappa shape index (κ1) is 16.4. The molecular weight excluding hydrogens is 246 g/mol. The fourth-order valence-corrected chi connectivity index (χ4v) is 2.35. The zero-order valence-corrected chi connectivity index (χ0v) is 12.4. The number of ether oxygens (including phenoxy) is 2. The van der Waals surface area contributed by atoms with Crippen molar-refractivity contribution in [3.8, 4) is 0 Å². The summed E-state index contributed by atoms with van der Waals surface area (Å²) in [6.07, 6.45) is 2.98. The zero-order chi connectivity index (χ0) is 14.5. The summed E-state index contributed by atoms with van der Waals surface area (Å²) in [6.45, 7) is 8.60. The van der Waals surface area contributed by atoms with Crippen LogP contribution in [0.15, 0.2) is 0 Å². The highest BCUT2D eigenvalue weighted by Gasteiger charge is 2.35. The molecule has 0 radical (unpaired) electrons.